The molecule has 0 spiro atoms. The average molecular weight is 321 g/mol. The summed E-state index contributed by atoms with van der Waals surface area (Å²) in [6, 6.07) is 5.74. The lowest BCUT2D eigenvalue weighted by Crippen LogP contribution is -2.55. The average Bonchev–Trinajstić information content (AvgIpc) is 2.99. The molecule has 1 aliphatic rings. The van der Waals surface area contributed by atoms with E-state index in [9.17, 15) is 4.79 Å². The molecular formula is C14H17ClN6O. The summed E-state index contributed by atoms with van der Waals surface area (Å²) >= 11 is 6.29. The molecule has 0 radical (unpaired) electrons. The van der Waals surface area contributed by atoms with Crippen molar-refractivity contribution in [3.8, 4) is 5.69 Å². The van der Waals surface area contributed by atoms with Crippen LogP contribution in [0.15, 0.2) is 24.5 Å². The van der Waals surface area contributed by atoms with E-state index in [1.165, 1.54) is 11.0 Å². The van der Waals surface area contributed by atoms with E-state index in [0.717, 1.165) is 0 Å². The van der Waals surface area contributed by atoms with Crippen molar-refractivity contribution in [3.63, 3.8) is 0 Å². The van der Waals surface area contributed by atoms with Crippen molar-refractivity contribution in [1.82, 2.24) is 30.4 Å². The summed E-state index contributed by atoms with van der Waals surface area (Å²) in [5.74, 6) is -0.0477. The molecule has 7 nitrogen and oxygen atoms in total. The van der Waals surface area contributed by atoms with Gasteiger partial charge in [-0.15, -0.1) is 5.10 Å². The molecule has 1 saturated heterocycles. The van der Waals surface area contributed by atoms with Crippen molar-refractivity contribution >= 4 is 17.5 Å². The highest BCUT2D eigenvalue weighted by Crippen LogP contribution is 2.22. The predicted molar refractivity (Wildman–Crippen MR) is 82.1 cm³/mol. The molecule has 0 saturated carbocycles. The molecular weight excluding hydrogens is 304 g/mol. The van der Waals surface area contributed by atoms with Crippen LogP contribution in [0.4, 0.5) is 0 Å². The number of aromatic nitrogens is 4. The van der Waals surface area contributed by atoms with Crippen LogP contribution in [0.3, 0.4) is 0 Å². The van der Waals surface area contributed by atoms with Gasteiger partial charge in [-0.25, -0.2) is 4.68 Å². The van der Waals surface area contributed by atoms with Gasteiger partial charge in [0.2, 0.25) is 0 Å². The van der Waals surface area contributed by atoms with Crippen LogP contribution in [0.5, 0.6) is 0 Å². The number of rotatable bonds is 2. The quantitative estimate of drug-likeness (QED) is 0.898. The first-order chi connectivity index (χ1) is 10.5. The number of tetrazole rings is 1. The fourth-order valence-electron chi connectivity index (χ4n) is 2.76. The second-order valence-corrected chi connectivity index (χ2v) is 6.00. The minimum absolute atomic E-state index is 0.0477. The van der Waals surface area contributed by atoms with E-state index in [1.54, 1.807) is 18.2 Å². The van der Waals surface area contributed by atoms with Gasteiger partial charge in [0, 0.05) is 25.2 Å². The van der Waals surface area contributed by atoms with Crippen LogP contribution >= 0.6 is 11.6 Å². The Hall–Kier alpha value is -1.99. The Bertz CT molecular complexity index is 664. The highest BCUT2D eigenvalue weighted by molar-refractivity contribution is 6.34. The molecule has 1 aromatic carbocycles. The monoisotopic (exact) mass is 320 g/mol. The summed E-state index contributed by atoms with van der Waals surface area (Å²) < 4.78 is 1.50. The molecule has 1 aliphatic heterocycles. The Morgan fingerprint density at radius 1 is 1.32 bits per heavy atom. The summed E-state index contributed by atoms with van der Waals surface area (Å²) in [5.41, 5.74) is 1.22. The summed E-state index contributed by atoms with van der Waals surface area (Å²) in [6.07, 6.45) is 1.48. The number of nitrogens with one attached hydrogen (secondary N) is 1. The first kappa shape index (κ1) is 14.9. The maximum atomic E-state index is 12.7. The molecule has 2 aromatic rings. The highest BCUT2D eigenvalue weighted by atomic mass is 35.5. The number of halogens is 1. The fourth-order valence-corrected chi connectivity index (χ4v) is 3.02. The van der Waals surface area contributed by atoms with Crippen LogP contribution in [0, 0.1) is 0 Å². The SMILES string of the molecule is CC1CN(C(=O)c2ccc(-n3cnnn3)cc2Cl)CC(C)N1. The summed E-state index contributed by atoms with van der Waals surface area (Å²) in [4.78, 5) is 14.5. The Morgan fingerprint density at radius 2 is 2.05 bits per heavy atom. The zero-order valence-electron chi connectivity index (χ0n) is 12.4. The Balaban J connectivity index is 1.84. The van der Waals surface area contributed by atoms with E-state index in [0.29, 0.717) is 29.4 Å². The lowest BCUT2D eigenvalue weighted by atomic mass is 10.1. The number of hydrogen-bond acceptors (Lipinski definition) is 5. The van der Waals surface area contributed by atoms with Gasteiger partial charge in [0.15, 0.2) is 0 Å². The largest absolute Gasteiger partial charge is 0.336 e. The van der Waals surface area contributed by atoms with Gasteiger partial charge in [0.1, 0.15) is 6.33 Å². The van der Waals surface area contributed by atoms with Crippen molar-refractivity contribution in [2.45, 2.75) is 25.9 Å². The molecule has 0 bridgehead atoms. The molecule has 0 aliphatic carbocycles. The summed E-state index contributed by atoms with van der Waals surface area (Å²) in [7, 11) is 0. The van der Waals surface area contributed by atoms with Gasteiger partial charge < -0.3 is 10.2 Å². The van der Waals surface area contributed by atoms with E-state index in [-0.39, 0.29) is 18.0 Å². The molecule has 1 amide bonds. The van der Waals surface area contributed by atoms with Crippen LogP contribution in [-0.2, 0) is 0 Å². The Kier molecular flexibility index (Phi) is 4.08. The summed E-state index contributed by atoms with van der Waals surface area (Å²) in [6.45, 7) is 5.49. The number of hydrogen-bond donors (Lipinski definition) is 1. The van der Waals surface area contributed by atoms with E-state index in [2.05, 4.69) is 34.7 Å². The van der Waals surface area contributed by atoms with Gasteiger partial charge in [0.05, 0.1) is 16.3 Å². The molecule has 22 heavy (non-hydrogen) atoms. The molecule has 2 unspecified atom stereocenters. The third kappa shape index (κ3) is 2.95. The third-order valence-corrected chi connectivity index (χ3v) is 3.95. The molecule has 3 rings (SSSR count). The van der Waals surface area contributed by atoms with Gasteiger partial charge >= 0.3 is 0 Å². The first-order valence-electron chi connectivity index (χ1n) is 7.13. The Morgan fingerprint density at radius 3 is 2.64 bits per heavy atom. The van der Waals surface area contributed by atoms with Crippen molar-refractivity contribution < 1.29 is 4.79 Å². The molecule has 1 aromatic heterocycles. The maximum absolute atomic E-state index is 12.7. The van der Waals surface area contributed by atoms with E-state index in [1.807, 2.05) is 4.90 Å². The smallest absolute Gasteiger partial charge is 0.255 e. The zero-order chi connectivity index (χ0) is 15.7. The number of amides is 1. The minimum Gasteiger partial charge on any atom is -0.336 e. The van der Waals surface area contributed by atoms with Gasteiger partial charge in [-0.1, -0.05) is 11.6 Å². The number of carbonyl (C=O) groups excluding carboxylic acids is 1. The van der Waals surface area contributed by atoms with Crippen LogP contribution in [-0.4, -0.2) is 56.2 Å². The van der Waals surface area contributed by atoms with Crippen LogP contribution in [0.25, 0.3) is 5.69 Å². The first-order valence-corrected chi connectivity index (χ1v) is 7.50. The number of benzene rings is 1. The molecule has 8 heteroatoms. The number of carbonyl (C=O) groups is 1. The molecule has 1 N–H and O–H groups in total. The fraction of sp³-hybridized carbons (Fsp3) is 0.429. The van der Waals surface area contributed by atoms with Crippen molar-refractivity contribution in [3.05, 3.63) is 35.1 Å². The summed E-state index contributed by atoms with van der Waals surface area (Å²) in [5, 5.41) is 14.8. The molecule has 1 fully saturated rings. The Labute approximate surface area is 133 Å². The molecule has 2 atom stereocenters. The second-order valence-electron chi connectivity index (χ2n) is 5.60. The normalized spacial score (nSPS) is 21.9. The lowest BCUT2D eigenvalue weighted by Gasteiger charge is -2.36. The van der Waals surface area contributed by atoms with Gasteiger partial charge in [-0.3, -0.25) is 4.79 Å². The lowest BCUT2D eigenvalue weighted by molar-refractivity contribution is 0.0674. The second kappa shape index (κ2) is 6.02. The van der Waals surface area contributed by atoms with Gasteiger partial charge in [-0.05, 0) is 42.5 Å². The number of piperazine rings is 1. The van der Waals surface area contributed by atoms with Crippen molar-refractivity contribution in [1.29, 1.82) is 0 Å². The van der Waals surface area contributed by atoms with Crippen LogP contribution in [0.2, 0.25) is 5.02 Å². The van der Waals surface area contributed by atoms with Crippen LogP contribution in [0.1, 0.15) is 24.2 Å². The van der Waals surface area contributed by atoms with Crippen LogP contribution < -0.4 is 5.32 Å². The predicted octanol–water partition coefficient (Wildman–Crippen LogP) is 1.14. The highest BCUT2D eigenvalue weighted by Gasteiger charge is 2.26. The number of nitrogens with zero attached hydrogens (tertiary/aromatic N) is 5. The van der Waals surface area contributed by atoms with Gasteiger partial charge in [-0.2, -0.15) is 0 Å². The molecule has 2 heterocycles. The minimum atomic E-state index is -0.0477. The van der Waals surface area contributed by atoms with E-state index >= 15 is 0 Å². The van der Waals surface area contributed by atoms with Crippen molar-refractivity contribution in [2.75, 3.05) is 13.1 Å². The van der Waals surface area contributed by atoms with Gasteiger partial charge in [0.25, 0.3) is 5.91 Å². The van der Waals surface area contributed by atoms with Crippen molar-refractivity contribution in [2.24, 2.45) is 0 Å². The zero-order valence-corrected chi connectivity index (χ0v) is 13.2. The van der Waals surface area contributed by atoms with E-state index in [4.69, 9.17) is 11.6 Å². The van der Waals surface area contributed by atoms with E-state index < -0.39 is 0 Å². The third-order valence-electron chi connectivity index (χ3n) is 3.64. The maximum Gasteiger partial charge on any atom is 0.255 e. The molecule has 116 valence electrons. The topological polar surface area (TPSA) is 75.9 Å². The standard InChI is InChI=1S/C14H17ClN6O/c1-9-6-20(7-10(2)17-9)14(22)12-4-3-11(5-13(12)15)21-8-16-18-19-21/h3-5,8-10,17H,6-7H2,1-2H3.